The first kappa shape index (κ1) is 19.1. The van der Waals surface area contributed by atoms with Crippen molar-refractivity contribution >= 4 is 39.0 Å². The number of aromatic nitrogens is 2. The molecule has 0 unspecified atom stereocenters. The molecule has 0 radical (unpaired) electrons. The van der Waals surface area contributed by atoms with Crippen molar-refractivity contribution in [3.05, 3.63) is 34.5 Å². The molecule has 30 heavy (non-hydrogen) atoms. The van der Waals surface area contributed by atoms with Crippen molar-refractivity contribution in [3.63, 3.8) is 0 Å². The molecule has 0 bridgehead atoms. The van der Waals surface area contributed by atoms with E-state index < -0.39 is 0 Å². The topological polar surface area (TPSA) is 76.6 Å². The highest BCUT2D eigenvalue weighted by Crippen LogP contribution is 2.38. The Morgan fingerprint density at radius 3 is 2.73 bits per heavy atom. The number of carbonyl (C=O) groups is 1. The van der Waals surface area contributed by atoms with Gasteiger partial charge in [-0.15, -0.1) is 11.3 Å². The number of anilines is 2. The lowest BCUT2D eigenvalue weighted by atomic mass is 9.99. The molecule has 1 fully saturated rings. The second kappa shape index (κ2) is 7.43. The average Bonchev–Trinajstić information content (AvgIpc) is 3.32. The number of carbonyl (C=O) groups excluding carboxylic acids is 1. The lowest BCUT2D eigenvalue weighted by Crippen LogP contribution is -2.33. The van der Waals surface area contributed by atoms with Crippen molar-refractivity contribution in [1.29, 1.82) is 0 Å². The Kier molecular flexibility index (Phi) is 4.73. The molecule has 0 atom stereocenters. The van der Waals surface area contributed by atoms with Crippen molar-refractivity contribution in [3.8, 4) is 11.5 Å². The third-order valence-electron chi connectivity index (χ3n) is 5.80. The molecule has 2 aliphatic heterocycles. The van der Waals surface area contributed by atoms with Gasteiger partial charge in [-0.2, -0.15) is 0 Å². The Balaban J connectivity index is 1.48. The fraction of sp³-hybridized carbons (Fsp3) is 0.409. The molecule has 1 aromatic carbocycles. The summed E-state index contributed by atoms with van der Waals surface area (Å²) in [5.41, 5.74) is 1.61. The lowest BCUT2D eigenvalue weighted by molar-refractivity contribution is 0.103. The fourth-order valence-electron chi connectivity index (χ4n) is 4.05. The van der Waals surface area contributed by atoms with Crippen LogP contribution < -0.4 is 19.7 Å². The van der Waals surface area contributed by atoms with Gasteiger partial charge in [0.25, 0.3) is 5.91 Å². The Bertz CT molecular complexity index is 1140. The number of rotatable bonds is 3. The van der Waals surface area contributed by atoms with Crippen LogP contribution in [0.4, 0.5) is 11.5 Å². The molecular formula is C22H24N4O3S. The van der Waals surface area contributed by atoms with Crippen LogP contribution in [0.2, 0.25) is 0 Å². The maximum Gasteiger partial charge on any atom is 0.266 e. The van der Waals surface area contributed by atoms with Crippen LogP contribution in [0.15, 0.2) is 18.2 Å². The van der Waals surface area contributed by atoms with E-state index in [1.807, 2.05) is 19.9 Å². The number of ether oxygens (including phenoxy) is 2. The summed E-state index contributed by atoms with van der Waals surface area (Å²) < 4.78 is 10.7. The van der Waals surface area contributed by atoms with Crippen LogP contribution in [-0.4, -0.2) is 35.8 Å². The van der Waals surface area contributed by atoms with Crippen LogP contribution in [0.5, 0.6) is 11.5 Å². The van der Waals surface area contributed by atoms with Gasteiger partial charge >= 0.3 is 0 Å². The number of nitrogens with one attached hydrogen (secondary N) is 1. The van der Waals surface area contributed by atoms with E-state index in [2.05, 4.69) is 22.1 Å². The van der Waals surface area contributed by atoms with Crippen LogP contribution in [0.3, 0.4) is 0 Å². The Morgan fingerprint density at radius 1 is 1.17 bits per heavy atom. The summed E-state index contributed by atoms with van der Waals surface area (Å²) in [6.07, 6.45) is 2.32. The fourth-order valence-corrected chi connectivity index (χ4v) is 5.17. The number of thiophene rings is 1. The van der Waals surface area contributed by atoms with Gasteiger partial charge in [-0.05, 0) is 50.3 Å². The monoisotopic (exact) mass is 424 g/mol. The summed E-state index contributed by atoms with van der Waals surface area (Å²) in [6, 6.07) is 5.41. The minimum Gasteiger partial charge on any atom is -0.454 e. The Hall–Kier alpha value is -2.87. The quantitative estimate of drug-likeness (QED) is 0.666. The molecule has 1 saturated heterocycles. The van der Waals surface area contributed by atoms with Gasteiger partial charge in [0.2, 0.25) is 6.79 Å². The third-order valence-corrected chi connectivity index (χ3v) is 6.99. The van der Waals surface area contributed by atoms with Gasteiger partial charge in [0, 0.05) is 24.8 Å². The molecule has 5 rings (SSSR count). The maximum atomic E-state index is 13.1. The van der Waals surface area contributed by atoms with E-state index in [4.69, 9.17) is 14.5 Å². The molecule has 2 aromatic heterocycles. The predicted molar refractivity (Wildman–Crippen MR) is 118 cm³/mol. The molecule has 1 N–H and O–H groups in total. The Labute approximate surface area is 179 Å². The number of piperidine rings is 1. The third kappa shape index (κ3) is 3.35. The highest BCUT2D eigenvalue weighted by Gasteiger charge is 2.25. The number of nitrogens with zero attached hydrogens (tertiary/aromatic N) is 3. The van der Waals surface area contributed by atoms with Crippen molar-refractivity contribution in [2.45, 2.75) is 33.6 Å². The number of fused-ring (bicyclic) bond motifs is 2. The first-order chi connectivity index (χ1) is 14.5. The van der Waals surface area contributed by atoms with E-state index >= 15 is 0 Å². The van der Waals surface area contributed by atoms with E-state index in [-0.39, 0.29) is 12.7 Å². The first-order valence-corrected chi connectivity index (χ1v) is 11.0. The Morgan fingerprint density at radius 2 is 1.93 bits per heavy atom. The number of hydrogen-bond acceptors (Lipinski definition) is 7. The van der Waals surface area contributed by atoms with Gasteiger partial charge in [-0.1, -0.05) is 6.92 Å². The SMILES string of the molecule is Cc1nc(N2CCC(C)CC2)c2c(C)c(C(=O)Nc3ccc4c(c3)OCO4)sc2n1. The second-order valence-corrected chi connectivity index (χ2v) is 9.02. The van der Waals surface area contributed by atoms with Gasteiger partial charge < -0.3 is 19.7 Å². The van der Waals surface area contributed by atoms with E-state index in [0.29, 0.717) is 22.1 Å². The summed E-state index contributed by atoms with van der Waals surface area (Å²) in [6.45, 7) is 8.38. The number of aryl methyl sites for hydroxylation is 2. The first-order valence-electron chi connectivity index (χ1n) is 10.2. The van der Waals surface area contributed by atoms with Crippen molar-refractivity contribution < 1.29 is 14.3 Å². The molecular weight excluding hydrogens is 400 g/mol. The smallest absolute Gasteiger partial charge is 0.266 e. The van der Waals surface area contributed by atoms with Crippen molar-refractivity contribution in [1.82, 2.24) is 9.97 Å². The molecule has 156 valence electrons. The van der Waals surface area contributed by atoms with E-state index in [0.717, 1.165) is 59.3 Å². The molecule has 2 aliphatic rings. The van der Waals surface area contributed by atoms with E-state index in [1.165, 1.54) is 11.3 Å². The van der Waals surface area contributed by atoms with E-state index in [9.17, 15) is 4.79 Å². The number of amides is 1. The van der Waals surface area contributed by atoms with Gasteiger partial charge in [-0.25, -0.2) is 9.97 Å². The largest absolute Gasteiger partial charge is 0.454 e. The zero-order valence-electron chi connectivity index (χ0n) is 17.3. The molecule has 0 aliphatic carbocycles. The highest BCUT2D eigenvalue weighted by molar-refractivity contribution is 7.20. The van der Waals surface area contributed by atoms with Gasteiger partial charge in [-0.3, -0.25) is 4.79 Å². The van der Waals surface area contributed by atoms with Crippen LogP contribution in [0.1, 0.15) is 40.8 Å². The predicted octanol–water partition coefficient (Wildman–Crippen LogP) is 4.53. The second-order valence-electron chi connectivity index (χ2n) is 8.02. The van der Waals surface area contributed by atoms with Crippen LogP contribution in [0, 0.1) is 19.8 Å². The van der Waals surface area contributed by atoms with Gasteiger partial charge in [0.1, 0.15) is 16.5 Å². The standard InChI is InChI=1S/C22H24N4O3S/c1-12-6-8-26(9-7-12)20-18-13(2)19(30-22(18)24-14(3)23-20)21(27)25-15-4-5-16-17(10-15)29-11-28-16/h4-5,10,12H,6-9,11H2,1-3H3,(H,25,27). The van der Waals surface area contributed by atoms with Gasteiger partial charge in [0.05, 0.1) is 10.3 Å². The normalized spacial score (nSPS) is 16.3. The summed E-state index contributed by atoms with van der Waals surface area (Å²) in [4.78, 5) is 26.4. The van der Waals surface area contributed by atoms with Crippen LogP contribution in [0.25, 0.3) is 10.2 Å². The zero-order valence-corrected chi connectivity index (χ0v) is 18.1. The van der Waals surface area contributed by atoms with Crippen LogP contribution in [-0.2, 0) is 0 Å². The maximum absolute atomic E-state index is 13.1. The minimum atomic E-state index is -0.148. The highest BCUT2D eigenvalue weighted by atomic mass is 32.1. The average molecular weight is 425 g/mol. The van der Waals surface area contributed by atoms with Crippen LogP contribution >= 0.6 is 11.3 Å². The zero-order chi connectivity index (χ0) is 20.8. The minimum absolute atomic E-state index is 0.148. The van der Waals surface area contributed by atoms with E-state index in [1.54, 1.807) is 12.1 Å². The molecule has 7 nitrogen and oxygen atoms in total. The summed E-state index contributed by atoms with van der Waals surface area (Å²) in [5, 5.41) is 3.98. The van der Waals surface area contributed by atoms with Gasteiger partial charge in [0.15, 0.2) is 11.5 Å². The van der Waals surface area contributed by atoms with Crippen molar-refractivity contribution in [2.24, 2.45) is 5.92 Å². The molecule has 8 heteroatoms. The molecule has 1 amide bonds. The molecule has 4 heterocycles. The number of hydrogen-bond donors (Lipinski definition) is 1. The molecule has 0 saturated carbocycles. The lowest BCUT2D eigenvalue weighted by Gasteiger charge is -2.31. The summed E-state index contributed by atoms with van der Waals surface area (Å²) in [7, 11) is 0. The molecule has 3 aromatic rings. The molecule has 0 spiro atoms. The number of benzene rings is 1. The summed E-state index contributed by atoms with van der Waals surface area (Å²) >= 11 is 1.42. The van der Waals surface area contributed by atoms with Crippen molar-refractivity contribution in [2.75, 3.05) is 30.1 Å². The summed E-state index contributed by atoms with van der Waals surface area (Å²) in [5.74, 6) is 3.62.